The Labute approximate surface area is 152 Å². The Morgan fingerprint density at radius 2 is 1.79 bits per heavy atom. The summed E-state index contributed by atoms with van der Waals surface area (Å²) in [6, 6.07) is 8.41. The van der Waals surface area contributed by atoms with Crippen LogP contribution in [0.5, 0.6) is 0 Å². The lowest BCUT2D eigenvalue weighted by Crippen LogP contribution is -2.23. The molecule has 0 saturated carbocycles. The average Bonchev–Trinajstić information content (AvgIpc) is 2.99. The van der Waals surface area contributed by atoms with Gasteiger partial charge < -0.3 is 5.32 Å². The standard InChI is InChI=1S/C18H25BrN4O/c1-4-22(5-2)13-15-9-7-14(8-10-15)11-20-18(24)16-12-21-23(6-3)17(16)19/h7-10,12H,4-6,11,13H2,1-3H3,(H,20,24). The van der Waals surface area contributed by atoms with E-state index in [4.69, 9.17) is 0 Å². The number of carbonyl (C=O) groups is 1. The summed E-state index contributed by atoms with van der Waals surface area (Å²) in [5, 5.41) is 7.11. The van der Waals surface area contributed by atoms with Crippen LogP contribution in [0, 0.1) is 0 Å². The summed E-state index contributed by atoms with van der Waals surface area (Å²) >= 11 is 3.42. The number of halogens is 1. The molecule has 6 heteroatoms. The summed E-state index contributed by atoms with van der Waals surface area (Å²) < 4.78 is 2.47. The third kappa shape index (κ3) is 4.68. The molecule has 130 valence electrons. The molecule has 24 heavy (non-hydrogen) atoms. The van der Waals surface area contributed by atoms with Gasteiger partial charge in [0.25, 0.3) is 5.91 Å². The van der Waals surface area contributed by atoms with Crippen LogP contribution in [0.3, 0.4) is 0 Å². The molecule has 1 amide bonds. The SMILES string of the molecule is CCN(CC)Cc1ccc(CNC(=O)c2cnn(CC)c2Br)cc1. The molecule has 1 N–H and O–H groups in total. The van der Waals surface area contributed by atoms with Gasteiger partial charge in [0, 0.05) is 19.6 Å². The highest BCUT2D eigenvalue weighted by Crippen LogP contribution is 2.16. The van der Waals surface area contributed by atoms with Crippen LogP contribution in [0.4, 0.5) is 0 Å². The Morgan fingerprint density at radius 3 is 2.33 bits per heavy atom. The third-order valence-corrected chi connectivity index (χ3v) is 4.93. The maximum atomic E-state index is 12.3. The summed E-state index contributed by atoms with van der Waals surface area (Å²) in [5.74, 6) is -0.117. The molecular weight excluding hydrogens is 368 g/mol. The van der Waals surface area contributed by atoms with E-state index in [2.05, 4.69) is 69.4 Å². The van der Waals surface area contributed by atoms with E-state index in [1.165, 1.54) is 5.56 Å². The first-order valence-corrected chi connectivity index (χ1v) is 9.17. The van der Waals surface area contributed by atoms with Crippen LogP contribution in [0.1, 0.15) is 42.3 Å². The number of benzene rings is 1. The molecule has 0 aliphatic carbocycles. The van der Waals surface area contributed by atoms with Gasteiger partial charge in [0.2, 0.25) is 0 Å². The number of nitrogens with one attached hydrogen (secondary N) is 1. The number of aromatic nitrogens is 2. The molecular formula is C18H25BrN4O. The van der Waals surface area contributed by atoms with Gasteiger partial charge in [-0.1, -0.05) is 38.1 Å². The Balaban J connectivity index is 1.92. The summed E-state index contributed by atoms with van der Waals surface area (Å²) in [6.07, 6.45) is 1.59. The maximum absolute atomic E-state index is 12.3. The highest BCUT2D eigenvalue weighted by molar-refractivity contribution is 9.10. The van der Waals surface area contributed by atoms with Crippen molar-refractivity contribution in [1.29, 1.82) is 0 Å². The number of nitrogens with zero attached hydrogens (tertiary/aromatic N) is 3. The van der Waals surface area contributed by atoms with Crippen molar-refractivity contribution in [1.82, 2.24) is 20.0 Å². The highest BCUT2D eigenvalue weighted by Gasteiger charge is 2.14. The molecule has 0 aliphatic heterocycles. The molecule has 5 nitrogen and oxygen atoms in total. The fourth-order valence-electron chi connectivity index (χ4n) is 2.49. The van der Waals surface area contributed by atoms with E-state index in [-0.39, 0.29) is 5.91 Å². The van der Waals surface area contributed by atoms with Crippen molar-refractivity contribution < 1.29 is 4.79 Å². The topological polar surface area (TPSA) is 50.2 Å². The normalized spacial score (nSPS) is 11.0. The van der Waals surface area contributed by atoms with Crippen molar-refractivity contribution in [2.24, 2.45) is 0 Å². The van der Waals surface area contributed by atoms with Gasteiger partial charge in [-0.3, -0.25) is 14.4 Å². The molecule has 0 atom stereocenters. The van der Waals surface area contributed by atoms with Gasteiger partial charge in [0.15, 0.2) is 0 Å². The fraction of sp³-hybridized carbons (Fsp3) is 0.444. The number of hydrogen-bond donors (Lipinski definition) is 1. The molecule has 2 aromatic rings. The van der Waals surface area contributed by atoms with Crippen molar-refractivity contribution in [3.05, 3.63) is 51.8 Å². The molecule has 2 rings (SSSR count). The molecule has 0 bridgehead atoms. The van der Waals surface area contributed by atoms with E-state index < -0.39 is 0 Å². The fourth-order valence-corrected chi connectivity index (χ4v) is 3.11. The number of carbonyl (C=O) groups excluding carboxylic acids is 1. The summed E-state index contributed by atoms with van der Waals surface area (Å²) in [4.78, 5) is 14.6. The third-order valence-electron chi connectivity index (χ3n) is 4.10. The zero-order valence-corrected chi connectivity index (χ0v) is 16.1. The number of aryl methyl sites for hydroxylation is 1. The minimum atomic E-state index is -0.117. The maximum Gasteiger partial charge on any atom is 0.255 e. The first kappa shape index (κ1) is 18.7. The number of amides is 1. The second kappa shape index (κ2) is 8.99. The minimum absolute atomic E-state index is 0.117. The van der Waals surface area contributed by atoms with Gasteiger partial charge in [0.1, 0.15) is 4.60 Å². The lowest BCUT2D eigenvalue weighted by Gasteiger charge is -2.18. The van der Waals surface area contributed by atoms with E-state index >= 15 is 0 Å². The van der Waals surface area contributed by atoms with Crippen LogP contribution in [0.25, 0.3) is 0 Å². The highest BCUT2D eigenvalue weighted by atomic mass is 79.9. The van der Waals surface area contributed by atoms with Crippen LogP contribution in [0.2, 0.25) is 0 Å². The van der Waals surface area contributed by atoms with Crippen molar-refractivity contribution in [3.8, 4) is 0 Å². The van der Waals surface area contributed by atoms with Gasteiger partial charge in [0.05, 0.1) is 11.8 Å². The van der Waals surface area contributed by atoms with Gasteiger partial charge in [-0.15, -0.1) is 0 Å². The summed E-state index contributed by atoms with van der Waals surface area (Å²) in [7, 11) is 0. The van der Waals surface area contributed by atoms with Crippen LogP contribution < -0.4 is 5.32 Å². The molecule has 0 radical (unpaired) electrons. The van der Waals surface area contributed by atoms with Crippen molar-refractivity contribution in [2.45, 2.75) is 40.4 Å². The minimum Gasteiger partial charge on any atom is -0.348 e. The quantitative estimate of drug-likeness (QED) is 0.748. The monoisotopic (exact) mass is 392 g/mol. The first-order valence-electron chi connectivity index (χ1n) is 8.38. The van der Waals surface area contributed by atoms with E-state index in [0.717, 1.165) is 36.3 Å². The van der Waals surface area contributed by atoms with E-state index in [9.17, 15) is 4.79 Å². The molecule has 0 unspecified atom stereocenters. The number of hydrogen-bond acceptors (Lipinski definition) is 3. The largest absolute Gasteiger partial charge is 0.348 e. The van der Waals surface area contributed by atoms with Crippen molar-refractivity contribution in [3.63, 3.8) is 0 Å². The molecule has 1 aromatic heterocycles. The van der Waals surface area contributed by atoms with Gasteiger partial charge in [-0.25, -0.2) is 0 Å². The second-order valence-corrected chi connectivity index (χ2v) is 6.38. The van der Waals surface area contributed by atoms with E-state index in [1.807, 2.05) is 6.92 Å². The Bertz CT molecular complexity index is 662. The lowest BCUT2D eigenvalue weighted by atomic mass is 10.1. The van der Waals surface area contributed by atoms with E-state index in [0.29, 0.717) is 12.1 Å². The molecule has 1 heterocycles. The molecule has 0 fully saturated rings. The second-order valence-electron chi connectivity index (χ2n) is 5.63. The predicted octanol–water partition coefficient (Wildman–Crippen LogP) is 3.44. The van der Waals surface area contributed by atoms with Gasteiger partial charge in [-0.05, 0) is 47.1 Å². The Morgan fingerprint density at radius 1 is 1.17 bits per heavy atom. The van der Waals surface area contributed by atoms with Gasteiger partial charge >= 0.3 is 0 Å². The Hall–Kier alpha value is -1.66. The Kier molecular flexibility index (Phi) is 6.99. The smallest absolute Gasteiger partial charge is 0.255 e. The molecule has 1 aromatic carbocycles. The van der Waals surface area contributed by atoms with Crippen molar-refractivity contribution in [2.75, 3.05) is 13.1 Å². The zero-order chi connectivity index (χ0) is 17.5. The number of rotatable bonds is 8. The van der Waals surface area contributed by atoms with Crippen LogP contribution in [0.15, 0.2) is 35.1 Å². The average molecular weight is 393 g/mol. The molecule has 0 aliphatic rings. The molecule has 0 saturated heterocycles. The summed E-state index contributed by atoms with van der Waals surface area (Å²) in [6.45, 7) is 10.6. The van der Waals surface area contributed by atoms with E-state index in [1.54, 1.807) is 10.9 Å². The molecule has 0 spiro atoms. The lowest BCUT2D eigenvalue weighted by molar-refractivity contribution is 0.0950. The first-order chi connectivity index (χ1) is 11.6. The zero-order valence-electron chi connectivity index (χ0n) is 14.6. The van der Waals surface area contributed by atoms with Crippen LogP contribution in [-0.4, -0.2) is 33.7 Å². The van der Waals surface area contributed by atoms with Crippen LogP contribution in [-0.2, 0) is 19.6 Å². The summed E-state index contributed by atoms with van der Waals surface area (Å²) in [5.41, 5.74) is 2.95. The van der Waals surface area contributed by atoms with Crippen molar-refractivity contribution >= 4 is 21.8 Å². The van der Waals surface area contributed by atoms with Gasteiger partial charge in [-0.2, -0.15) is 5.10 Å². The van der Waals surface area contributed by atoms with Crippen LogP contribution >= 0.6 is 15.9 Å². The predicted molar refractivity (Wildman–Crippen MR) is 99.8 cm³/mol.